The van der Waals surface area contributed by atoms with Crippen molar-refractivity contribution in [3.63, 3.8) is 0 Å². The first-order chi connectivity index (χ1) is 11.2. The third-order valence-corrected chi connectivity index (χ3v) is 3.40. The van der Waals surface area contributed by atoms with E-state index < -0.39 is 23.4 Å². The van der Waals surface area contributed by atoms with Crippen molar-refractivity contribution in [2.75, 3.05) is 12.0 Å². The van der Waals surface area contributed by atoms with Crippen molar-refractivity contribution in [2.45, 2.75) is 52.7 Å². The Morgan fingerprint density at radius 2 is 1.52 bits per heavy atom. The lowest BCUT2D eigenvalue weighted by Gasteiger charge is -2.29. The summed E-state index contributed by atoms with van der Waals surface area (Å²) < 4.78 is 16.0. The highest BCUT2D eigenvalue weighted by Gasteiger charge is 2.35. The zero-order valence-electron chi connectivity index (χ0n) is 15.3. The summed E-state index contributed by atoms with van der Waals surface area (Å²) in [6.07, 6.45) is -1.82. The molecular formula is C16H22BrClN2O5. The topological polar surface area (TPSA) is 78.0 Å². The number of hydrogen-bond acceptors (Lipinski definition) is 6. The van der Waals surface area contributed by atoms with Crippen molar-refractivity contribution in [3.8, 4) is 5.88 Å². The predicted octanol–water partition coefficient (Wildman–Crippen LogP) is 5.18. The van der Waals surface area contributed by atoms with Gasteiger partial charge in [0.2, 0.25) is 5.88 Å². The van der Waals surface area contributed by atoms with E-state index in [4.69, 9.17) is 25.8 Å². The number of halogens is 2. The number of nitrogens with zero attached hydrogens (tertiary/aromatic N) is 2. The predicted molar refractivity (Wildman–Crippen MR) is 98.4 cm³/mol. The third kappa shape index (κ3) is 6.36. The van der Waals surface area contributed by atoms with E-state index >= 15 is 0 Å². The van der Waals surface area contributed by atoms with E-state index in [1.165, 1.54) is 13.2 Å². The fourth-order valence-corrected chi connectivity index (χ4v) is 2.37. The van der Waals surface area contributed by atoms with Crippen molar-refractivity contribution >= 4 is 45.4 Å². The monoisotopic (exact) mass is 436 g/mol. The van der Waals surface area contributed by atoms with Crippen LogP contribution in [-0.2, 0) is 9.47 Å². The lowest BCUT2D eigenvalue weighted by molar-refractivity contribution is 0.0430. The summed E-state index contributed by atoms with van der Waals surface area (Å²) in [6.45, 7) is 10.1. The van der Waals surface area contributed by atoms with Gasteiger partial charge in [-0.25, -0.2) is 14.6 Å². The summed E-state index contributed by atoms with van der Waals surface area (Å²) in [5, 5.41) is 0.0344. The molecule has 25 heavy (non-hydrogen) atoms. The molecule has 0 atom stereocenters. The minimum absolute atomic E-state index is 0.0344. The van der Waals surface area contributed by atoms with Crippen LogP contribution in [0.2, 0.25) is 5.15 Å². The van der Waals surface area contributed by atoms with Crippen LogP contribution < -0.4 is 9.64 Å². The quantitative estimate of drug-likeness (QED) is 0.593. The van der Waals surface area contributed by atoms with Crippen LogP contribution in [0.3, 0.4) is 0 Å². The number of anilines is 1. The van der Waals surface area contributed by atoms with Crippen molar-refractivity contribution in [3.05, 3.63) is 15.7 Å². The molecule has 0 aromatic carbocycles. The van der Waals surface area contributed by atoms with Crippen LogP contribution in [0.15, 0.2) is 10.5 Å². The van der Waals surface area contributed by atoms with Crippen LogP contribution in [0, 0.1) is 0 Å². The Bertz CT molecular complexity index is 640. The molecule has 0 aliphatic carbocycles. The zero-order valence-corrected chi connectivity index (χ0v) is 17.6. The highest BCUT2D eigenvalue weighted by Crippen LogP contribution is 2.37. The second-order valence-corrected chi connectivity index (χ2v) is 8.26. The number of methoxy groups -OCH3 is 1. The molecule has 140 valence electrons. The number of ether oxygens (including phenoxy) is 3. The minimum atomic E-state index is -0.910. The largest absolute Gasteiger partial charge is 0.480 e. The van der Waals surface area contributed by atoms with E-state index in [1.807, 2.05) is 0 Å². The van der Waals surface area contributed by atoms with Gasteiger partial charge in [-0.15, -0.1) is 0 Å². The Balaban J connectivity index is 3.44. The van der Waals surface area contributed by atoms with Gasteiger partial charge >= 0.3 is 12.2 Å². The second kappa shape index (κ2) is 7.78. The maximum atomic E-state index is 12.6. The van der Waals surface area contributed by atoms with Gasteiger partial charge in [0, 0.05) is 6.07 Å². The summed E-state index contributed by atoms with van der Waals surface area (Å²) in [5.41, 5.74) is -1.53. The molecule has 1 heterocycles. The lowest BCUT2D eigenvalue weighted by atomic mass is 10.2. The zero-order chi connectivity index (χ0) is 19.6. The first-order valence-corrected chi connectivity index (χ1v) is 8.58. The Morgan fingerprint density at radius 3 is 1.88 bits per heavy atom. The van der Waals surface area contributed by atoms with Crippen LogP contribution in [0.1, 0.15) is 41.5 Å². The molecule has 0 spiro atoms. The van der Waals surface area contributed by atoms with Gasteiger partial charge in [-0.05, 0) is 57.5 Å². The smallest absolute Gasteiger partial charge is 0.424 e. The highest BCUT2D eigenvalue weighted by molar-refractivity contribution is 9.10. The normalized spacial score (nSPS) is 11.7. The molecule has 1 aromatic heterocycles. The summed E-state index contributed by atoms with van der Waals surface area (Å²) >= 11 is 9.25. The highest BCUT2D eigenvalue weighted by atomic mass is 79.9. The molecule has 0 aliphatic heterocycles. The fraction of sp³-hybridized carbons (Fsp3) is 0.562. The van der Waals surface area contributed by atoms with E-state index in [0.717, 1.165) is 4.90 Å². The van der Waals surface area contributed by atoms with Crippen molar-refractivity contribution in [1.82, 2.24) is 4.98 Å². The molecule has 0 saturated carbocycles. The number of carbonyl (C=O) groups is 2. The molecule has 1 rings (SSSR count). The molecule has 0 fully saturated rings. The number of amides is 2. The van der Waals surface area contributed by atoms with Crippen LogP contribution in [0.4, 0.5) is 15.3 Å². The second-order valence-electron chi connectivity index (χ2n) is 7.08. The fourth-order valence-electron chi connectivity index (χ4n) is 1.65. The number of pyridine rings is 1. The molecule has 0 saturated heterocycles. The Hall–Kier alpha value is -1.54. The Kier molecular flexibility index (Phi) is 6.69. The van der Waals surface area contributed by atoms with Crippen LogP contribution in [0.25, 0.3) is 0 Å². The van der Waals surface area contributed by atoms with Gasteiger partial charge in [0.05, 0.1) is 12.8 Å². The van der Waals surface area contributed by atoms with Gasteiger partial charge in [-0.3, -0.25) is 0 Å². The maximum Gasteiger partial charge on any atom is 0.424 e. The van der Waals surface area contributed by atoms with Gasteiger partial charge in [-0.1, -0.05) is 11.6 Å². The van der Waals surface area contributed by atoms with E-state index in [0.29, 0.717) is 0 Å². The summed E-state index contributed by atoms with van der Waals surface area (Å²) in [4.78, 5) is 30.0. The van der Waals surface area contributed by atoms with Gasteiger partial charge in [0.1, 0.15) is 20.8 Å². The molecule has 0 bridgehead atoms. The number of aromatic nitrogens is 1. The Labute approximate surface area is 160 Å². The van der Waals surface area contributed by atoms with Crippen molar-refractivity contribution in [2.24, 2.45) is 0 Å². The maximum absolute atomic E-state index is 12.6. The van der Waals surface area contributed by atoms with Gasteiger partial charge < -0.3 is 14.2 Å². The average molecular weight is 438 g/mol. The average Bonchev–Trinajstić information content (AvgIpc) is 2.38. The number of carbonyl (C=O) groups excluding carboxylic acids is 2. The first-order valence-electron chi connectivity index (χ1n) is 7.41. The lowest BCUT2D eigenvalue weighted by Crippen LogP contribution is -2.44. The minimum Gasteiger partial charge on any atom is -0.480 e. The molecule has 0 unspecified atom stereocenters. The number of imide groups is 1. The number of rotatable bonds is 2. The molecule has 7 nitrogen and oxygen atoms in total. The summed E-state index contributed by atoms with van der Waals surface area (Å²) in [6, 6.07) is 1.34. The van der Waals surface area contributed by atoms with E-state index in [2.05, 4.69) is 20.9 Å². The van der Waals surface area contributed by atoms with E-state index in [1.54, 1.807) is 41.5 Å². The van der Waals surface area contributed by atoms with Crippen LogP contribution in [-0.4, -0.2) is 35.5 Å². The first kappa shape index (κ1) is 21.5. The van der Waals surface area contributed by atoms with Gasteiger partial charge in [-0.2, -0.15) is 4.90 Å². The van der Waals surface area contributed by atoms with Crippen LogP contribution >= 0.6 is 27.5 Å². The molecule has 2 amide bonds. The molecule has 1 aromatic rings. The van der Waals surface area contributed by atoms with Gasteiger partial charge in [0.15, 0.2) is 0 Å². The van der Waals surface area contributed by atoms with Crippen molar-refractivity contribution < 1.29 is 23.8 Å². The summed E-state index contributed by atoms with van der Waals surface area (Å²) in [7, 11) is 1.39. The molecule has 9 heteroatoms. The molecule has 0 aliphatic rings. The SMILES string of the molecule is COc1nc(Cl)cc(N(C(=O)OC(C)(C)C)C(=O)OC(C)(C)C)c1Br. The van der Waals surface area contributed by atoms with E-state index in [-0.39, 0.29) is 21.2 Å². The standard InChI is InChI=1S/C16H22BrClN2O5/c1-15(2,3)24-13(21)20(14(22)25-16(4,5)6)9-8-10(18)19-12(23-7)11(9)17/h8H,1-7H3. The van der Waals surface area contributed by atoms with Crippen LogP contribution in [0.5, 0.6) is 5.88 Å². The van der Waals surface area contributed by atoms with E-state index in [9.17, 15) is 9.59 Å². The summed E-state index contributed by atoms with van der Waals surface area (Å²) in [5.74, 6) is 0.111. The van der Waals surface area contributed by atoms with Gasteiger partial charge in [0.25, 0.3) is 0 Å². The third-order valence-electron chi connectivity index (χ3n) is 2.46. The molecule has 0 N–H and O–H groups in total. The van der Waals surface area contributed by atoms with Crippen molar-refractivity contribution in [1.29, 1.82) is 0 Å². The number of hydrogen-bond donors (Lipinski definition) is 0. The Morgan fingerprint density at radius 1 is 1.08 bits per heavy atom. The molecule has 0 radical (unpaired) electrons. The molecular weight excluding hydrogens is 416 g/mol.